The van der Waals surface area contributed by atoms with Crippen molar-refractivity contribution in [2.75, 3.05) is 26.9 Å². The summed E-state index contributed by atoms with van der Waals surface area (Å²) in [6.45, 7) is -0.515. The van der Waals surface area contributed by atoms with Crippen molar-refractivity contribution in [1.82, 2.24) is 0 Å². The Morgan fingerprint density at radius 3 is 1.64 bits per heavy atom. The lowest BCUT2D eigenvalue weighted by Gasteiger charge is -2.28. The van der Waals surface area contributed by atoms with E-state index in [1.54, 1.807) is 0 Å². The standard InChI is InChI=1S/C9H18O5/c1-14-8(13)9(2-5-10,3-6-11)4-7-12/h10-12H,2-7H2,1H3. The van der Waals surface area contributed by atoms with Crippen LogP contribution >= 0.6 is 0 Å². The molecule has 0 aliphatic heterocycles. The van der Waals surface area contributed by atoms with Gasteiger partial charge in [-0.05, 0) is 19.3 Å². The average molecular weight is 206 g/mol. The minimum absolute atomic E-state index is 0.172. The second-order valence-corrected chi connectivity index (χ2v) is 3.19. The Bertz CT molecular complexity index is 152. The molecule has 0 unspecified atom stereocenters. The number of aliphatic hydroxyl groups is 3. The van der Waals surface area contributed by atoms with Gasteiger partial charge in [-0.2, -0.15) is 0 Å². The molecular weight excluding hydrogens is 188 g/mol. The van der Waals surface area contributed by atoms with Gasteiger partial charge in [0.15, 0.2) is 0 Å². The smallest absolute Gasteiger partial charge is 0.312 e. The minimum Gasteiger partial charge on any atom is -0.469 e. The van der Waals surface area contributed by atoms with Crippen molar-refractivity contribution in [3.63, 3.8) is 0 Å². The van der Waals surface area contributed by atoms with Crippen LogP contribution in [0, 0.1) is 5.41 Å². The van der Waals surface area contributed by atoms with Crippen LogP contribution in [0.1, 0.15) is 19.3 Å². The van der Waals surface area contributed by atoms with Gasteiger partial charge >= 0.3 is 5.97 Å². The summed E-state index contributed by atoms with van der Waals surface area (Å²) in [5, 5.41) is 26.5. The first kappa shape index (κ1) is 13.4. The molecule has 5 nitrogen and oxygen atoms in total. The van der Waals surface area contributed by atoms with E-state index in [1.807, 2.05) is 0 Å². The van der Waals surface area contributed by atoms with Crippen LogP contribution in [0.25, 0.3) is 0 Å². The van der Waals surface area contributed by atoms with Gasteiger partial charge in [-0.3, -0.25) is 4.79 Å². The molecule has 14 heavy (non-hydrogen) atoms. The lowest BCUT2D eigenvalue weighted by molar-refractivity contribution is -0.156. The number of carbonyl (C=O) groups excluding carboxylic acids is 1. The predicted octanol–water partition coefficient (Wildman–Crippen LogP) is -0.707. The fourth-order valence-electron chi connectivity index (χ4n) is 1.54. The highest BCUT2D eigenvalue weighted by Gasteiger charge is 2.37. The lowest BCUT2D eigenvalue weighted by atomic mass is 9.78. The van der Waals surface area contributed by atoms with Gasteiger partial charge in [0.1, 0.15) is 0 Å². The van der Waals surface area contributed by atoms with Crippen molar-refractivity contribution >= 4 is 5.97 Å². The third-order valence-electron chi connectivity index (χ3n) is 2.39. The molecule has 0 saturated carbocycles. The Hall–Kier alpha value is -0.650. The molecule has 0 aromatic heterocycles. The Kier molecular flexibility index (Phi) is 6.44. The van der Waals surface area contributed by atoms with Gasteiger partial charge in [0.05, 0.1) is 12.5 Å². The number of esters is 1. The van der Waals surface area contributed by atoms with E-state index in [9.17, 15) is 4.79 Å². The first-order valence-corrected chi connectivity index (χ1v) is 4.58. The third-order valence-corrected chi connectivity index (χ3v) is 2.39. The average Bonchev–Trinajstić information content (AvgIpc) is 2.17. The van der Waals surface area contributed by atoms with Gasteiger partial charge in [-0.25, -0.2) is 0 Å². The van der Waals surface area contributed by atoms with Crippen molar-refractivity contribution in [3.8, 4) is 0 Å². The quantitative estimate of drug-likeness (QED) is 0.479. The van der Waals surface area contributed by atoms with Gasteiger partial charge in [-0.15, -0.1) is 0 Å². The molecule has 0 saturated heterocycles. The Labute approximate surface area is 83.3 Å². The van der Waals surface area contributed by atoms with Crippen LogP contribution in [0.2, 0.25) is 0 Å². The Morgan fingerprint density at radius 1 is 1.07 bits per heavy atom. The van der Waals surface area contributed by atoms with E-state index in [-0.39, 0.29) is 39.1 Å². The molecule has 0 aromatic carbocycles. The summed E-state index contributed by atoms with van der Waals surface area (Å²) in [6.07, 6.45) is 0.586. The molecule has 0 spiro atoms. The minimum atomic E-state index is -0.951. The molecule has 0 rings (SSSR count). The number of rotatable bonds is 7. The van der Waals surface area contributed by atoms with Crippen molar-refractivity contribution in [2.24, 2.45) is 5.41 Å². The number of hydrogen-bond acceptors (Lipinski definition) is 5. The highest BCUT2D eigenvalue weighted by molar-refractivity contribution is 5.76. The summed E-state index contributed by atoms with van der Waals surface area (Å²) in [7, 11) is 1.25. The number of carbonyl (C=O) groups is 1. The number of hydrogen-bond donors (Lipinski definition) is 3. The monoisotopic (exact) mass is 206 g/mol. The first-order valence-electron chi connectivity index (χ1n) is 4.58. The molecule has 0 aromatic rings. The molecule has 3 N–H and O–H groups in total. The molecule has 0 bridgehead atoms. The Morgan fingerprint density at radius 2 is 1.43 bits per heavy atom. The van der Waals surface area contributed by atoms with Crippen LogP contribution in [-0.4, -0.2) is 48.2 Å². The highest BCUT2D eigenvalue weighted by Crippen LogP contribution is 2.31. The zero-order valence-electron chi connectivity index (χ0n) is 8.40. The molecule has 5 heteroatoms. The maximum Gasteiger partial charge on any atom is 0.312 e. The van der Waals surface area contributed by atoms with Crippen LogP contribution in [0.4, 0.5) is 0 Å². The molecule has 0 aliphatic rings. The van der Waals surface area contributed by atoms with E-state index in [2.05, 4.69) is 4.74 Å². The van der Waals surface area contributed by atoms with E-state index in [1.165, 1.54) is 7.11 Å². The molecule has 0 amide bonds. The van der Waals surface area contributed by atoms with E-state index in [0.717, 1.165) is 0 Å². The van der Waals surface area contributed by atoms with E-state index < -0.39 is 11.4 Å². The third kappa shape index (κ3) is 3.25. The molecule has 0 heterocycles. The van der Waals surface area contributed by atoms with Crippen molar-refractivity contribution in [1.29, 1.82) is 0 Å². The van der Waals surface area contributed by atoms with Gasteiger partial charge in [0.2, 0.25) is 0 Å². The van der Waals surface area contributed by atoms with Crippen LogP contribution in [-0.2, 0) is 9.53 Å². The molecular formula is C9H18O5. The number of aliphatic hydroxyl groups excluding tert-OH is 3. The summed E-state index contributed by atoms with van der Waals surface area (Å²) >= 11 is 0. The predicted molar refractivity (Wildman–Crippen MR) is 49.6 cm³/mol. The summed E-state index contributed by atoms with van der Waals surface area (Å²) in [4.78, 5) is 11.4. The molecule has 0 aliphatic carbocycles. The maximum atomic E-state index is 11.4. The number of ether oxygens (including phenoxy) is 1. The molecule has 84 valence electrons. The van der Waals surface area contributed by atoms with Crippen LogP contribution < -0.4 is 0 Å². The second-order valence-electron chi connectivity index (χ2n) is 3.19. The molecule has 0 fully saturated rings. The number of methoxy groups -OCH3 is 1. The largest absolute Gasteiger partial charge is 0.469 e. The van der Waals surface area contributed by atoms with E-state index in [4.69, 9.17) is 15.3 Å². The molecule has 0 atom stereocenters. The zero-order chi connectivity index (χ0) is 11.0. The van der Waals surface area contributed by atoms with Gasteiger partial charge in [0, 0.05) is 19.8 Å². The second kappa shape index (κ2) is 6.75. The van der Waals surface area contributed by atoms with Crippen LogP contribution in [0.3, 0.4) is 0 Å². The fraction of sp³-hybridized carbons (Fsp3) is 0.889. The van der Waals surface area contributed by atoms with Crippen molar-refractivity contribution in [3.05, 3.63) is 0 Å². The SMILES string of the molecule is COC(=O)C(CCO)(CCO)CCO. The Balaban J connectivity index is 4.62. The summed E-state index contributed by atoms with van der Waals surface area (Å²) in [6, 6.07) is 0. The molecule has 0 radical (unpaired) electrons. The van der Waals surface area contributed by atoms with Crippen molar-refractivity contribution in [2.45, 2.75) is 19.3 Å². The highest BCUT2D eigenvalue weighted by atomic mass is 16.5. The lowest BCUT2D eigenvalue weighted by Crippen LogP contribution is -2.35. The summed E-state index contributed by atoms with van der Waals surface area (Å²) in [5.74, 6) is -0.491. The van der Waals surface area contributed by atoms with E-state index in [0.29, 0.717) is 0 Å². The van der Waals surface area contributed by atoms with Gasteiger partial charge in [0.25, 0.3) is 0 Å². The normalized spacial score (nSPS) is 11.4. The zero-order valence-corrected chi connectivity index (χ0v) is 8.40. The summed E-state index contributed by atoms with van der Waals surface area (Å²) < 4.78 is 4.60. The van der Waals surface area contributed by atoms with Crippen LogP contribution in [0.5, 0.6) is 0 Å². The van der Waals surface area contributed by atoms with Crippen LogP contribution in [0.15, 0.2) is 0 Å². The van der Waals surface area contributed by atoms with Gasteiger partial charge in [-0.1, -0.05) is 0 Å². The van der Waals surface area contributed by atoms with E-state index >= 15 is 0 Å². The topological polar surface area (TPSA) is 87.0 Å². The maximum absolute atomic E-state index is 11.4. The summed E-state index contributed by atoms with van der Waals surface area (Å²) in [5.41, 5.74) is -0.951. The van der Waals surface area contributed by atoms with Gasteiger partial charge < -0.3 is 20.1 Å². The fourth-order valence-corrected chi connectivity index (χ4v) is 1.54. The van der Waals surface area contributed by atoms with Crippen molar-refractivity contribution < 1.29 is 24.9 Å². The first-order chi connectivity index (χ1) is 6.66.